The molecule has 1 aliphatic rings. The first kappa shape index (κ1) is 18.7. The van der Waals surface area contributed by atoms with E-state index in [1.807, 2.05) is 0 Å². The summed E-state index contributed by atoms with van der Waals surface area (Å²) in [7, 11) is 0. The molecular weight excluding hydrogens is 300 g/mol. The number of hydrogen-bond donors (Lipinski definition) is 1. The summed E-state index contributed by atoms with van der Waals surface area (Å²) in [5.41, 5.74) is 0.124. The van der Waals surface area contributed by atoms with Crippen molar-refractivity contribution in [2.45, 2.75) is 50.2 Å². The van der Waals surface area contributed by atoms with Gasteiger partial charge in [-0.25, -0.2) is 0 Å². The zero-order valence-electron chi connectivity index (χ0n) is 11.9. The van der Waals surface area contributed by atoms with Crippen molar-refractivity contribution in [3.63, 3.8) is 0 Å². The van der Waals surface area contributed by atoms with Gasteiger partial charge >= 0.3 is 0 Å². The summed E-state index contributed by atoms with van der Waals surface area (Å²) in [6.45, 7) is 4.28. The number of hydrogen-bond acceptors (Lipinski definition) is 5. The highest BCUT2D eigenvalue weighted by molar-refractivity contribution is 7.97. The highest BCUT2D eigenvalue weighted by Crippen LogP contribution is 2.25. The molecule has 1 aliphatic carbocycles. The van der Waals surface area contributed by atoms with Crippen molar-refractivity contribution in [3.8, 4) is 0 Å². The Labute approximate surface area is 136 Å². The van der Waals surface area contributed by atoms with E-state index in [1.165, 1.54) is 24.1 Å². The minimum absolute atomic E-state index is 0. The van der Waals surface area contributed by atoms with Gasteiger partial charge in [-0.3, -0.25) is 14.8 Å². The Bertz CT molecular complexity index is 471. The second-order valence-corrected chi connectivity index (χ2v) is 5.98. The third kappa shape index (κ3) is 5.79. The monoisotopic (exact) mass is 324 g/mol. The largest absolute Gasteiger partial charge is 0.374 e. The topological polar surface area (TPSA) is 64.4 Å². The van der Waals surface area contributed by atoms with Crippen LogP contribution >= 0.6 is 11.9 Å². The van der Waals surface area contributed by atoms with Crippen LogP contribution in [0.25, 0.3) is 0 Å². The van der Waals surface area contributed by atoms with E-state index in [9.17, 15) is 10.1 Å². The van der Waals surface area contributed by atoms with Crippen LogP contribution in [-0.4, -0.2) is 23.7 Å². The molecule has 0 spiro atoms. The van der Waals surface area contributed by atoms with Crippen molar-refractivity contribution < 1.29 is 9.66 Å². The van der Waals surface area contributed by atoms with Crippen LogP contribution in [0.1, 0.15) is 33.1 Å². The summed E-state index contributed by atoms with van der Waals surface area (Å²) in [5, 5.41) is 10.6. The van der Waals surface area contributed by atoms with E-state index in [0.717, 1.165) is 30.6 Å². The molecule has 6 heteroatoms. The maximum absolute atomic E-state index is 10.6. The standard InChI is InChI=1S/C15H20N2O3S.CH4/c1-2-11-20-14-7-3-12(4-8-14)16-21-15-9-5-13(6-10-15)17(18)19;/h2,5-6,9-10,12,14,16H,1,3-4,7-8,11H2;1H4. The molecule has 1 fully saturated rings. The molecule has 22 heavy (non-hydrogen) atoms. The zero-order valence-corrected chi connectivity index (χ0v) is 12.7. The molecule has 0 atom stereocenters. The van der Waals surface area contributed by atoms with Crippen LogP contribution in [0.3, 0.4) is 0 Å². The van der Waals surface area contributed by atoms with E-state index >= 15 is 0 Å². The summed E-state index contributed by atoms with van der Waals surface area (Å²) in [4.78, 5) is 11.2. The van der Waals surface area contributed by atoms with Crippen LogP contribution in [0.15, 0.2) is 41.8 Å². The van der Waals surface area contributed by atoms with Crippen LogP contribution in [0, 0.1) is 10.1 Å². The molecule has 0 radical (unpaired) electrons. The number of nitrogens with zero attached hydrogens (tertiary/aromatic N) is 1. The van der Waals surface area contributed by atoms with Crippen LogP contribution in [0.2, 0.25) is 0 Å². The van der Waals surface area contributed by atoms with Crippen molar-refractivity contribution in [1.29, 1.82) is 0 Å². The fraction of sp³-hybridized carbons (Fsp3) is 0.500. The fourth-order valence-electron chi connectivity index (χ4n) is 2.34. The zero-order chi connectivity index (χ0) is 15.1. The van der Waals surface area contributed by atoms with Crippen LogP contribution < -0.4 is 4.72 Å². The molecule has 2 rings (SSSR count). The van der Waals surface area contributed by atoms with Gasteiger partial charge in [-0.15, -0.1) is 6.58 Å². The Morgan fingerprint density at radius 3 is 2.50 bits per heavy atom. The normalized spacial score (nSPS) is 20.9. The lowest BCUT2D eigenvalue weighted by molar-refractivity contribution is -0.384. The predicted octanol–water partition coefficient (Wildman–Crippen LogP) is 4.34. The molecule has 122 valence electrons. The lowest BCUT2D eigenvalue weighted by Crippen LogP contribution is -2.31. The van der Waals surface area contributed by atoms with Crippen molar-refractivity contribution in [1.82, 2.24) is 4.72 Å². The molecule has 0 unspecified atom stereocenters. The molecule has 0 saturated heterocycles. The van der Waals surface area contributed by atoms with E-state index in [0.29, 0.717) is 18.8 Å². The molecule has 0 aliphatic heterocycles. The molecule has 0 heterocycles. The first-order valence-electron chi connectivity index (χ1n) is 7.08. The van der Waals surface area contributed by atoms with Gasteiger partial charge in [-0.1, -0.05) is 13.5 Å². The smallest absolute Gasteiger partial charge is 0.269 e. The van der Waals surface area contributed by atoms with E-state index in [4.69, 9.17) is 4.74 Å². The number of non-ortho nitro benzene ring substituents is 1. The predicted molar refractivity (Wildman–Crippen MR) is 91.0 cm³/mol. The van der Waals surface area contributed by atoms with Crippen LogP contribution in [-0.2, 0) is 4.74 Å². The Morgan fingerprint density at radius 2 is 1.95 bits per heavy atom. The summed E-state index contributed by atoms with van der Waals surface area (Å²) in [5.74, 6) is 0. The molecule has 0 amide bonds. The number of rotatable bonds is 7. The average molecular weight is 324 g/mol. The van der Waals surface area contributed by atoms with E-state index in [1.54, 1.807) is 18.2 Å². The van der Waals surface area contributed by atoms with Gasteiger partial charge in [-0.2, -0.15) is 0 Å². The van der Waals surface area contributed by atoms with E-state index in [2.05, 4.69) is 11.3 Å². The first-order chi connectivity index (χ1) is 10.2. The van der Waals surface area contributed by atoms with Gasteiger partial charge < -0.3 is 4.74 Å². The minimum atomic E-state index is -0.383. The van der Waals surface area contributed by atoms with Gasteiger partial charge in [0, 0.05) is 23.1 Å². The molecule has 0 bridgehead atoms. The third-order valence-corrected chi connectivity index (χ3v) is 4.47. The van der Waals surface area contributed by atoms with Crippen molar-refractivity contribution >= 4 is 17.6 Å². The van der Waals surface area contributed by atoms with Crippen LogP contribution in [0.4, 0.5) is 5.69 Å². The SMILES string of the molecule is C.C=CCOC1CCC(NSc2ccc([N+](=O)[O-])cc2)CC1. The van der Waals surface area contributed by atoms with Gasteiger partial charge in [0.2, 0.25) is 0 Å². The van der Waals surface area contributed by atoms with Gasteiger partial charge in [0.15, 0.2) is 0 Å². The van der Waals surface area contributed by atoms with Gasteiger partial charge in [0.1, 0.15) is 0 Å². The maximum atomic E-state index is 10.6. The Morgan fingerprint density at radius 1 is 1.32 bits per heavy atom. The molecule has 1 aromatic rings. The summed E-state index contributed by atoms with van der Waals surface area (Å²) in [6.07, 6.45) is 6.43. The van der Waals surface area contributed by atoms with Gasteiger partial charge in [0.25, 0.3) is 5.69 Å². The lowest BCUT2D eigenvalue weighted by Gasteiger charge is -2.28. The lowest BCUT2D eigenvalue weighted by atomic mass is 9.94. The van der Waals surface area contributed by atoms with Crippen LogP contribution in [0.5, 0.6) is 0 Å². The van der Waals surface area contributed by atoms with Gasteiger partial charge in [0.05, 0.1) is 17.6 Å². The summed E-state index contributed by atoms with van der Waals surface area (Å²) in [6, 6.07) is 7.07. The summed E-state index contributed by atoms with van der Waals surface area (Å²) < 4.78 is 9.10. The number of nitro benzene ring substituents is 1. The number of nitro groups is 1. The molecule has 1 N–H and O–H groups in total. The molecule has 1 aromatic carbocycles. The highest BCUT2D eigenvalue weighted by Gasteiger charge is 2.21. The molecular formula is C16H24N2O3S. The third-order valence-electron chi connectivity index (χ3n) is 3.51. The maximum Gasteiger partial charge on any atom is 0.269 e. The van der Waals surface area contributed by atoms with Crippen molar-refractivity contribution in [2.75, 3.05) is 6.61 Å². The van der Waals surface area contributed by atoms with Gasteiger partial charge in [-0.05, 0) is 49.8 Å². The quantitative estimate of drug-likeness (QED) is 0.350. The number of ether oxygens (including phenoxy) is 1. The molecule has 0 aromatic heterocycles. The first-order valence-corrected chi connectivity index (χ1v) is 7.90. The molecule has 1 saturated carbocycles. The number of nitrogens with one attached hydrogen (secondary N) is 1. The van der Waals surface area contributed by atoms with Crippen molar-refractivity contribution in [3.05, 3.63) is 47.0 Å². The van der Waals surface area contributed by atoms with E-state index < -0.39 is 0 Å². The average Bonchev–Trinajstić information content (AvgIpc) is 2.52. The molecule has 5 nitrogen and oxygen atoms in total. The summed E-state index contributed by atoms with van der Waals surface area (Å²) >= 11 is 1.54. The second-order valence-electron chi connectivity index (χ2n) is 5.07. The Balaban J connectivity index is 0.00000242. The number of benzene rings is 1. The van der Waals surface area contributed by atoms with E-state index in [-0.39, 0.29) is 18.0 Å². The second kappa shape index (κ2) is 9.61. The van der Waals surface area contributed by atoms with Crippen molar-refractivity contribution in [2.24, 2.45) is 0 Å². The Hall–Kier alpha value is -1.37. The minimum Gasteiger partial charge on any atom is -0.374 e. The Kier molecular flexibility index (Phi) is 8.16. The highest BCUT2D eigenvalue weighted by atomic mass is 32.2. The fourth-order valence-corrected chi connectivity index (χ4v) is 3.15.